The summed E-state index contributed by atoms with van der Waals surface area (Å²) in [5, 5.41) is 13.9. The number of allylic oxidation sites excluding steroid dienone is 2. The minimum absolute atomic E-state index is 0.0198. The van der Waals surface area contributed by atoms with Gasteiger partial charge in [-0.15, -0.1) is 0 Å². The first-order chi connectivity index (χ1) is 21.4. The molecule has 1 unspecified atom stereocenters. The summed E-state index contributed by atoms with van der Waals surface area (Å²) < 4.78 is 35.6. The minimum atomic E-state index is -0.648. The van der Waals surface area contributed by atoms with Gasteiger partial charge in [0.25, 0.3) is 0 Å². The summed E-state index contributed by atoms with van der Waals surface area (Å²) in [6.07, 6.45) is 10.8. The van der Waals surface area contributed by atoms with E-state index in [0.29, 0.717) is 12.8 Å². The summed E-state index contributed by atoms with van der Waals surface area (Å²) in [6.45, 7) is 7.68. The molecule has 4 rings (SSSR count). The van der Waals surface area contributed by atoms with Gasteiger partial charge in [-0.05, 0) is 89.1 Å². The van der Waals surface area contributed by atoms with Crippen molar-refractivity contribution in [1.82, 2.24) is 5.32 Å². The van der Waals surface area contributed by atoms with E-state index < -0.39 is 30.1 Å². The number of aliphatic hydroxyl groups excluding tert-OH is 1. The Bertz CT molecular complexity index is 1290. The summed E-state index contributed by atoms with van der Waals surface area (Å²) in [4.78, 5) is 36.6. The first-order valence-corrected chi connectivity index (χ1v) is 15.7. The molecule has 1 aliphatic carbocycles. The maximum atomic E-state index is 13.1. The van der Waals surface area contributed by atoms with Crippen molar-refractivity contribution in [3.63, 3.8) is 0 Å². The lowest BCUT2D eigenvalue weighted by molar-refractivity contribution is -0.158. The Labute approximate surface area is 264 Å². The van der Waals surface area contributed by atoms with Crippen LogP contribution in [0.1, 0.15) is 76.6 Å². The fraction of sp³-hybridized carbons (Fsp3) is 0.571. The standard InChI is InChI=1S/C35H46FNO8/c1-21(7-14-30-33(40)35(16-17-35)20-27(45-30)19-32(39)42-5)6-13-29-22(2)18-28(24(4)44-29)37-31(38)15-8-23(3)43-34(41)25-9-11-26(36)12-10-25/h6-12,14-15,22-24,27-30,33,40H,13,16-20H2,1-5H3,(H,37,38)/b14-7+,15-8-,21-6+/t22-,23?,24+,27+,28+,29-,30+,33+/m0/s1. The smallest absolute Gasteiger partial charge is 0.338 e. The molecule has 2 N–H and O–H groups in total. The zero-order valence-corrected chi connectivity index (χ0v) is 26.7. The van der Waals surface area contributed by atoms with Crippen LogP contribution in [0.15, 0.2) is 60.2 Å². The van der Waals surface area contributed by atoms with Gasteiger partial charge in [0.05, 0.1) is 49.6 Å². The number of aliphatic hydroxyl groups is 1. The molecule has 3 fully saturated rings. The number of nitrogens with one attached hydrogen (secondary N) is 1. The molecule has 246 valence electrons. The molecule has 2 aliphatic heterocycles. The Hall–Kier alpha value is -3.34. The normalized spacial score (nSPS) is 30.3. The van der Waals surface area contributed by atoms with Crippen LogP contribution in [0.3, 0.4) is 0 Å². The summed E-state index contributed by atoms with van der Waals surface area (Å²) in [7, 11) is 1.37. The van der Waals surface area contributed by atoms with Crippen molar-refractivity contribution in [2.24, 2.45) is 11.3 Å². The molecular weight excluding hydrogens is 581 g/mol. The van der Waals surface area contributed by atoms with Crippen molar-refractivity contribution in [2.75, 3.05) is 7.11 Å². The second-order valence-electron chi connectivity index (χ2n) is 12.7. The molecule has 0 radical (unpaired) electrons. The van der Waals surface area contributed by atoms with E-state index in [-0.39, 0.29) is 59.5 Å². The SMILES string of the molecule is COC(=O)C[C@@H]1CC2(CC2)[C@H](O)[C@@H](/C=C/C(C)=C/C[C@@H]2O[C@H](C)[C@H](NC(=O)/C=C\C(C)OC(=O)c3ccc(F)cc3)C[C@@H]2C)O1. The fourth-order valence-corrected chi connectivity index (χ4v) is 6.11. The molecule has 2 heterocycles. The molecule has 8 atom stereocenters. The second kappa shape index (κ2) is 15.3. The lowest BCUT2D eigenvalue weighted by atomic mass is 9.84. The fourth-order valence-electron chi connectivity index (χ4n) is 6.11. The van der Waals surface area contributed by atoms with E-state index in [0.717, 1.165) is 24.8 Å². The van der Waals surface area contributed by atoms with Crippen LogP contribution >= 0.6 is 0 Å². The number of amides is 1. The largest absolute Gasteiger partial charge is 0.469 e. The maximum Gasteiger partial charge on any atom is 0.338 e. The zero-order chi connectivity index (χ0) is 32.7. The van der Waals surface area contributed by atoms with Crippen molar-refractivity contribution in [2.45, 2.75) is 109 Å². The number of esters is 2. The Kier molecular flexibility index (Phi) is 11.7. The third kappa shape index (κ3) is 9.58. The summed E-state index contributed by atoms with van der Waals surface area (Å²) in [5.41, 5.74) is 1.08. The Morgan fingerprint density at radius 1 is 1.16 bits per heavy atom. The van der Waals surface area contributed by atoms with Crippen LogP contribution in [-0.2, 0) is 28.5 Å². The van der Waals surface area contributed by atoms with Gasteiger partial charge in [0.2, 0.25) is 5.91 Å². The lowest BCUT2D eigenvalue weighted by Crippen LogP contribution is -2.50. The number of methoxy groups -OCH3 is 1. The van der Waals surface area contributed by atoms with Gasteiger partial charge in [-0.3, -0.25) is 9.59 Å². The summed E-state index contributed by atoms with van der Waals surface area (Å²) in [5.74, 6) is -1.46. The van der Waals surface area contributed by atoms with Gasteiger partial charge < -0.3 is 29.4 Å². The zero-order valence-electron chi connectivity index (χ0n) is 26.7. The van der Waals surface area contributed by atoms with Crippen LogP contribution < -0.4 is 5.32 Å². The summed E-state index contributed by atoms with van der Waals surface area (Å²) >= 11 is 0. The average Bonchev–Trinajstić information content (AvgIpc) is 3.78. The van der Waals surface area contributed by atoms with E-state index in [2.05, 4.69) is 18.3 Å². The molecule has 1 amide bonds. The number of rotatable bonds is 11. The van der Waals surface area contributed by atoms with Crippen LogP contribution in [-0.4, -0.2) is 72.7 Å². The highest BCUT2D eigenvalue weighted by atomic mass is 19.1. The van der Waals surface area contributed by atoms with Crippen LogP contribution in [0.5, 0.6) is 0 Å². The molecule has 1 saturated carbocycles. The minimum Gasteiger partial charge on any atom is -0.469 e. The molecule has 0 aromatic heterocycles. The number of hydrogen-bond acceptors (Lipinski definition) is 8. The predicted molar refractivity (Wildman–Crippen MR) is 166 cm³/mol. The van der Waals surface area contributed by atoms with Gasteiger partial charge >= 0.3 is 11.9 Å². The van der Waals surface area contributed by atoms with Gasteiger partial charge in [0.1, 0.15) is 18.0 Å². The van der Waals surface area contributed by atoms with Crippen molar-refractivity contribution in [1.29, 1.82) is 0 Å². The number of hydrogen-bond donors (Lipinski definition) is 2. The molecule has 45 heavy (non-hydrogen) atoms. The van der Waals surface area contributed by atoms with E-state index in [4.69, 9.17) is 18.9 Å². The van der Waals surface area contributed by atoms with E-state index in [1.54, 1.807) is 6.92 Å². The Morgan fingerprint density at radius 2 is 1.87 bits per heavy atom. The molecular formula is C35H46FNO8. The van der Waals surface area contributed by atoms with Gasteiger partial charge in [-0.1, -0.05) is 30.7 Å². The van der Waals surface area contributed by atoms with Gasteiger partial charge in [0, 0.05) is 11.5 Å². The maximum absolute atomic E-state index is 13.1. The second-order valence-corrected chi connectivity index (χ2v) is 12.7. The molecule has 9 nitrogen and oxygen atoms in total. The van der Waals surface area contributed by atoms with Crippen molar-refractivity contribution >= 4 is 17.8 Å². The predicted octanol–water partition coefficient (Wildman–Crippen LogP) is 4.98. The average molecular weight is 628 g/mol. The van der Waals surface area contributed by atoms with E-state index >= 15 is 0 Å². The highest BCUT2D eigenvalue weighted by Crippen LogP contribution is 2.56. The van der Waals surface area contributed by atoms with Crippen LogP contribution in [0, 0.1) is 17.2 Å². The van der Waals surface area contributed by atoms with Gasteiger partial charge in [0.15, 0.2) is 0 Å². The summed E-state index contributed by atoms with van der Waals surface area (Å²) in [6, 6.07) is 4.89. The Morgan fingerprint density at radius 3 is 2.53 bits per heavy atom. The first-order valence-electron chi connectivity index (χ1n) is 15.7. The highest BCUT2D eigenvalue weighted by Gasteiger charge is 2.56. The monoisotopic (exact) mass is 627 g/mol. The molecule has 1 aromatic rings. The third-order valence-electron chi connectivity index (χ3n) is 9.09. The lowest BCUT2D eigenvalue weighted by Gasteiger charge is -2.39. The van der Waals surface area contributed by atoms with Crippen molar-refractivity contribution in [3.05, 3.63) is 71.6 Å². The number of benzene rings is 1. The number of ether oxygens (including phenoxy) is 4. The van der Waals surface area contributed by atoms with Crippen LogP contribution in [0.2, 0.25) is 0 Å². The van der Waals surface area contributed by atoms with Crippen LogP contribution in [0.4, 0.5) is 4.39 Å². The quantitative estimate of drug-likeness (QED) is 0.200. The Balaban J connectivity index is 1.23. The molecule has 1 spiro atoms. The molecule has 0 bridgehead atoms. The molecule has 3 aliphatic rings. The van der Waals surface area contributed by atoms with Crippen molar-refractivity contribution < 1.29 is 42.8 Å². The van der Waals surface area contributed by atoms with Gasteiger partial charge in [-0.2, -0.15) is 0 Å². The molecule has 2 saturated heterocycles. The number of halogens is 1. The van der Waals surface area contributed by atoms with E-state index in [9.17, 15) is 23.9 Å². The van der Waals surface area contributed by atoms with Crippen LogP contribution in [0.25, 0.3) is 0 Å². The van der Waals surface area contributed by atoms with E-state index in [1.807, 2.05) is 26.0 Å². The van der Waals surface area contributed by atoms with E-state index in [1.165, 1.54) is 43.5 Å². The highest BCUT2D eigenvalue weighted by molar-refractivity contribution is 5.90. The molecule has 10 heteroatoms. The number of carbonyl (C=O) groups is 3. The molecule has 1 aromatic carbocycles. The first kappa shape index (κ1) is 34.5. The number of carbonyl (C=O) groups excluding carboxylic acids is 3. The topological polar surface area (TPSA) is 120 Å². The van der Waals surface area contributed by atoms with Crippen molar-refractivity contribution in [3.8, 4) is 0 Å². The third-order valence-corrected chi connectivity index (χ3v) is 9.09. The van der Waals surface area contributed by atoms with Gasteiger partial charge in [-0.25, -0.2) is 9.18 Å².